The molecule has 0 aliphatic carbocycles. The second kappa shape index (κ2) is 8.48. The zero-order valence-electron chi connectivity index (χ0n) is 13.0. The number of nitrogens with one attached hydrogen (secondary N) is 2. The topological polar surface area (TPSA) is 70.6 Å². The summed E-state index contributed by atoms with van der Waals surface area (Å²) >= 11 is 0. The molecule has 0 heterocycles. The molecule has 118 valence electrons. The van der Waals surface area contributed by atoms with Crippen molar-refractivity contribution in [2.24, 2.45) is 5.10 Å². The third-order valence-corrected chi connectivity index (χ3v) is 3.20. The number of carbonyl (C=O) groups is 2. The van der Waals surface area contributed by atoms with Crippen molar-refractivity contribution in [3.8, 4) is 0 Å². The molecule has 0 aromatic heterocycles. The minimum atomic E-state index is -0.455. The Hall–Kier alpha value is -2.95. The third-order valence-electron chi connectivity index (χ3n) is 3.20. The Morgan fingerprint density at radius 1 is 1.00 bits per heavy atom. The smallest absolute Gasteiger partial charge is 0.249 e. The molecular weight excluding hydrogens is 290 g/mol. The molecule has 0 aliphatic heterocycles. The lowest BCUT2D eigenvalue weighted by Gasteiger charge is -2.09. The van der Waals surface area contributed by atoms with Crippen molar-refractivity contribution in [2.75, 3.05) is 5.32 Å². The van der Waals surface area contributed by atoms with E-state index in [1.54, 1.807) is 0 Å². The summed E-state index contributed by atoms with van der Waals surface area (Å²) in [6, 6.07) is 16.9. The second-order valence-corrected chi connectivity index (χ2v) is 4.94. The molecule has 5 heteroatoms. The summed E-state index contributed by atoms with van der Waals surface area (Å²) in [5, 5.41) is 6.58. The van der Waals surface area contributed by atoms with E-state index in [4.69, 9.17) is 0 Å². The zero-order valence-corrected chi connectivity index (χ0v) is 13.0. The standard InChI is InChI=1S/C18H19N3O2/c1-2-15-10-6-7-11-16(15)20-17(22)12-18(23)21-19-13-14-8-4-3-5-9-14/h3-11,13H,2,12H2,1H3,(H,20,22)(H,21,23). The summed E-state index contributed by atoms with van der Waals surface area (Å²) in [5.41, 5.74) is 4.98. The fraction of sp³-hybridized carbons (Fsp3) is 0.167. The number of benzene rings is 2. The third kappa shape index (κ3) is 5.39. The summed E-state index contributed by atoms with van der Waals surface area (Å²) in [7, 11) is 0. The van der Waals surface area contributed by atoms with Gasteiger partial charge in [0.05, 0.1) is 6.21 Å². The molecule has 0 unspecified atom stereocenters. The van der Waals surface area contributed by atoms with Gasteiger partial charge >= 0.3 is 0 Å². The van der Waals surface area contributed by atoms with Crippen molar-refractivity contribution in [3.63, 3.8) is 0 Å². The Morgan fingerprint density at radius 2 is 1.70 bits per heavy atom. The van der Waals surface area contributed by atoms with Gasteiger partial charge in [0, 0.05) is 5.69 Å². The molecule has 0 aliphatic rings. The number of hydrogen-bond acceptors (Lipinski definition) is 3. The number of aryl methyl sites for hydroxylation is 1. The maximum Gasteiger partial charge on any atom is 0.249 e. The van der Waals surface area contributed by atoms with Crippen LogP contribution in [0.1, 0.15) is 24.5 Å². The van der Waals surface area contributed by atoms with Gasteiger partial charge in [-0.1, -0.05) is 55.5 Å². The van der Waals surface area contributed by atoms with E-state index in [0.29, 0.717) is 0 Å². The van der Waals surface area contributed by atoms with Crippen molar-refractivity contribution in [1.29, 1.82) is 0 Å². The van der Waals surface area contributed by atoms with E-state index in [-0.39, 0.29) is 12.3 Å². The normalized spacial score (nSPS) is 10.5. The number of amides is 2. The highest BCUT2D eigenvalue weighted by atomic mass is 16.2. The molecule has 2 rings (SSSR count). The van der Waals surface area contributed by atoms with Gasteiger partial charge in [-0.25, -0.2) is 5.43 Å². The molecule has 2 aromatic carbocycles. The highest BCUT2D eigenvalue weighted by Gasteiger charge is 2.10. The average molecular weight is 309 g/mol. The van der Waals surface area contributed by atoms with E-state index in [9.17, 15) is 9.59 Å². The number of para-hydroxylation sites is 1. The van der Waals surface area contributed by atoms with Gasteiger partial charge in [0.1, 0.15) is 6.42 Å². The van der Waals surface area contributed by atoms with Crippen LogP contribution in [0.3, 0.4) is 0 Å². The summed E-state index contributed by atoms with van der Waals surface area (Å²) in [6.07, 6.45) is 2.07. The van der Waals surface area contributed by atoms with E-state index in [0.717, 1.165) is 23.2 Å². The van der Waals surface area contributed by atoms with Crippen molar-refractivity contribution in [3.05, 3.63) is 65.7 Å². The number of carbonyl (C=O) groups excluding carboxylic acids is 2. The number of anilines is 1. The first-order chi connectivity index (χ1) is 11.2. The zero-order chi connectivity index (χ0) is 16.5. The number of rotatable bonds is 6. The molecule has 0 bridgehead atoms. The Kier molecular flexibility index (Phi) is 6.06. The first kappa shape index (κ1) is 16.4. The Morgan fingerprint density at radius 3 is 2.43 bits per heavy atom. The van der Waals surface area contributed by atoms with Crippen LogP contribution >= 0.6 is 0 Å². The van der Waals surface area contributed by atoms with Gasteiger partial charge in [-0.15, -0.1) is 0 Å². The molecule has 0 radical (unpaired) electrons. The molecule has 0 spiro atoms. The predicted octanol–water partition coefficient (Wildman–Crippen LogP) is 2.73. The molecule has 2 aromatic rings. The maximum atomic E-state index is 11.9. The highest BCUT2D eigenvalue weighted by Crippen LogP contribution is 2.15. The van der Waals surface area contributed by atoms with Gasteiger partial charge in [-0.2, -0.15) is 5.10 Å². The first-order valence-corrected chi connectivity index (χ1v) is 7.43. The van der Waals surface area contributed by atoms with Crippen LogP contribution in [0.15, 0.2) is 59.7 Å². The van der Waals surface area contributed by atoms with Crippen LogP contribution in [-0.4, -0.2) is 18.0 Å². The Labute approximate surface area is 135 Å². The Bertz CT molecular complexity index is 696. The van der Waals surface area contributed by atoms with Gasteiger partial charge in [0.2, 0.25) is 11.8 Å². The van der Waals surface area contributed by atoms with E-state index < -0.39 is 5.91 Å². The summed E-state index contributed by atoms with van der Waals surface area (Å²) in [6.45, 7) is 2.01. The van der Waals surface area contributed by atoms with Crippen LogP contribution in [0.2, 0.25) is 0 Å². The molecule has 0 saturated carbocycles. The highest BCUT2D eigenvalue weighted by molar-refractivity contribution is 6.04. The van der Waals surface area contributed by atoms with Crippen LogP contribution in [0.25, 0.3) is 0 Å². The monoisotopic (exact) mass is 309 g/mol. The van der Waals surface area contributed by atoms with Crippen molar-refractivity contribution < 1.29 is 9.59 Å². The minimum Gasteiger partial charge on any atom is -0.325 e. The molecule has 0 fully saturated rings. The van der Waals surface area contributed by atoms with Gasteiger partial charge in [-0.05, 0) is 23.6 Å². The fourth-order valence-corrected chi connectivity index (χ4v) is 2.05. The summed E-state index contributed by atoms with van der Waals surface area (Å²) < 4.78 is 0. The van der Waals surface area contributed by atoms with Crippen molar-refractivity contribution >= 4 is 23.7 Å². The molecule has 23 heavy (non-hydrogen) atoms. The average Bonchev–Trinajstić information content (AvgIpc) is 2.56. The summed E-state index contributed by atoms with van der Waals surface area (Å²) in [5.74, 6) is -0.818. The van der Waals surface area contributed by atoms with Crippen LogP contribution in [0, 0.1) is 0 Å². The lowest BCUT2D eigenvalue weighted by molar-refractivity contribution is -0.126. The molecule has 0 saturated heterocycles. The second-order valence-electron chi connectivity index (χ2n) is 4.94. The largest absolute Gasteiger partial charge is 0.325 e. The fourth-order valence-electron chi connectivity index (χ4n) is 2.05. The molecule has 5 nitrogen and oxygen atoms in total. The minimum absolute atomic E-state index is 0.274. The molecule has 2 amide bonds. The summed E-state index contributed by atoms with van der Waals surface area (Å²) in [4.78, 5) is 23.6. The van der Waals surface area contributed by atoms with E-state index in [2.05, 4.69) is 15.8 Å². The van der Waals surface area contributed by atoms with Gasteiger partial charge < -0.3 is 5.32 Å². The number of hydrazone groups is 1. The lowest BCUT2D eigenvalue weighted by Crippen LogP contribution is -2.25. The lowest BCUT2D eigenvalue weighted by atomic mass is 10.1. The van der Waals surface area contributed by atoms with Gasteiger partial charge in [-0.3, -0.25) is 9.59 Å². The van der Waals surface area contributed by atoms with Crippen LogP contribution in [-0.2, 0) is 16.0 Å². The van der Waals surface area contributed by atoms with Crippen molar-refractivity contribution in [2.45, 2.75) is 19.8 Å². The van der Waals surface area contributed by atoms with E-state index in [1.807, 2.05) is 61.5 Å². The van der Waals surface area contributed by atoms with E-state index >= 15 is 0 Å². The van der Waals surface area contributed by atoms with Crippen LogP contribution in [0.4, 0.5) is 5.69 Å². The van der Waals surface area contributed by atoms with Crippen LogP contribution in [0.5, 0.6) is 0 Å². The number of hydrogen-bond donors (Lipinski definition) is 2. The molecular formula is C18H19N3O2. The van der Waals surface area contributed by atoms with Crippen LogP contribution < -0.4 is 10.7 Å². The Balaban J connectivity index is 1.83. The SMILES string of the molecule is CCc1ccccc1NC(=O)CC(=O)NN=Cc1ccccc1. The number of nitrogens with zero attached hydrogens (tertiary/aromatic N) is 1. The maximum absolute atomic E-state index is 11.9. The molecule has 2 N–H and O–H groups in total. The van der Waals surface area contributed by atoms with Gasteiger partial charge in [0.15, 0.2) is 0 Å². The van der Waals surface area contributed by atoms with E-state index in [1.165, 1.54) is 6.21 Å². The predicted molar refractivity (Wildman–Crippen MR) is 91.2 cm³/mol. The quantitative estimate of drug-likeness (QED) is 0.489. The van der Waals surface area contributed by atoms with Crippen molar-refractivity contribution in [1.82, 2.24) is 5.43 Å². The molecule has 0 atom stereocenters. The van der Waals surface area contributed by atoms with Gasteiger partial charge in [0.25, 0.3) is 0 Å². The first-order valence-electron chi connectivity index (χ1n) is 7.43.